The SMILES string of the molecule is CCOc1cc(/C=C2/SC(=Nc3ccc(C(=O)OC)cc3)N(CC)C2=O)ccc1OCC(N)=O. The Labute approximate surface area is 201 Å². The number of esters is 1. The minimum atomic E-state index is -0.590. The Morgan fingerprint density at radius 3 is 2.44 bits per heavy atom. The molecule has 2 aromatic carbocycles. The number of nitrogens with zero attached hydrogens (tertiary/aromatic N) is 2. The van der Waals surface area contributed by atoms with Crippen molar-refractivity contribution in [2.75, 3.05) is 26.9 Å². The van der Waals surface area contributed by atoms with Gasteiger partial charge in [0, 0.05) is 6.54 Å². The van der Waals surface area contributed by atoms with Crippen LogP contribution in [-0.2, 0) is 14.3 Å². The van der Waals surface area contributed by atoms with Crippen LogP contribution in [0.3, 0.4) is 0 Å². The van der Waals surface area contributed by atoms with E-state index in [0.717, 1.165) is 5.56 Å². The highest BCUT2D eigenvalue weighted by molar-refractivity contribution is 8.18. The van der Waals surface area contributed by atoms with E-state index in [1.165, 1.54) is 18.9 Å². The minimum absolute atomic E-state index is 0.163. The Morgan fingerprint density at radius 1 is 1.09 bits per heavy atom. The average Bonchev–Trinajstić information content (AvgIpc) is 3.12. The van der Waals surface area contributed by atoms with Gasteiger partial charge >= 0.3 is 5.97 Å². The molecule has 0 aromatic heterocycles. The number of amides is 2. The monoisotopic (exact) mass is 483 g/mol. The molecule has 0 radical (unpaired) electrons. The third kappa shape index (κ3) is 5.96. The molecule has 2 N–H and O–H groups in total. The first-order valence-electron chi connectivity index (χ1n) is 10.5. The van der Waals surface area contributed by atoms with Crippen molar-refractivity contribution in [1.29, 1.82) is 0 Å². The van der Waals surface area contributed by atoms with Crippen LogP contribution in [0.5, 0.6) is 11.5 Å². The van der Waals surface area contributed by atoms with E-state index in [-0.39, 0.29) is 12.5 Å². The average molecular weight is 484 g/mol. The lowest BCUT2D eigenvalue weighted by molar-refractivity contribution is -0.122. The van der Waals surface area contributed by atoms with Gasteiger partial charge in [0.1, 0.15) is 0 Å². The highest BCUT2D eigenvalue weighted by Crippen LogP contribution is 2.36. The Morgan fingerprint density at radius 2 is 1.82 bits per heavy atom. The molecule has 1 heterocycles. The van der Waals surface area contributed by atoms with Crippen molar-refractivity contribution in [3.8, 4) is 11.5 Å². The molecule has 0 unspecified atom stereocenters. The van der Waals surface area contributed by atoms with Crippen LogP contribution in [0.1, 0.15) is 29.8 Å². The van der Waals surface area contributed by atoms with Crippen LogP contribution in [0.4, 0.5) is 5.69 Å². The number of primary amides is 1. The van der Waals surface area contributed by atoms with Crippen LogP contribution in [-0.4, -0.2) is 54.7 Å². The van der Waals surface area contributed by atoms with Gasteiger partial charge in [0.25, 0.3) is 11.8 Å². The number of benzene rings is 2. The number of rotatable bonds is 9. The number of amidine groups is 1. The molecule has 1 saturated heterocycles. The van der Waals surface area contributed by atoms with Crippen LogP contribution < -0.4 is 15.2 Å². The third-order valence-corrected chi connectivity index (χ3v) is 5.66. The smallest absolute Gasteiger partial charge is 0.337 e. The molecular weight excluding hydrogens is 458 g/mol. The number of ether oxygens (including phenoxy) is 3. The number of likely N-dealkylation sites (N-methyl/N-ethyl adjacent to an activating group) is 1. The summed E-state index contributed by atoms with van der Waals surface area (Å²) in [5.41, 5.74) is 6.90. The molecule has 34 heavy (non-hydrogen) atoms. The van der Waals surface area contributed by atoms with Gasteiger partial charge in [-0.3, -0.25) is 14.5 Å². The van der Waals surface area contributed by atoms with Gasteiger partial charge in [0.15, 0.2) is 23.3 Å². The second-order valence-electron chi connectivity index (χ2n) is 6.99. The van der Waals surface area contributed by atoms with Crippen molar-refractivity contribution in [1.82, 2.24) is 4.90 Å². The number of carbonyl (C=O) groups excluding carboxylic acids is 3. The summed E-state index contributed by atoms with van der Waals surface area (Å²) in [5.74, 6) is -0.346. The fourth-order valence-corrected chi connectivity index (χ4v) is 4.14. The molecule has 3 rings (SSSR count). The molecule has 0 aliphatic carbocycles. The van der Waals surface area contributed by atoms with Crippen molar-refractivity contribution >= 4 is 46.5 Å². The fraction of sp³-hybridized carbons (Fsp3) is 0.250. The maximum atomic E-state index is 13.0. The number of hydrogen-bond acceptors (Lipinski definition) is 8. The second kappa shape index (κ2) is 11.4. The number of aliphatic imine (C=N–C) groups is 1. The van der Waals surface area contributed by atoms with E-state index in [2.05, 4.69) is 4.99 Å². The van der Waals surface area contributed by atoms with Crippen molar-refractivity contribution in [3.05, 3.63) is 58.5 Å². The van der Waals surface area contributed by atoms with Crippen LogP contribution in [0, 0.1) is 0 Å². The van der Waals surface area contributed by atoms with Crippen molar-refractivity contribution in [2.45, 2.75) is 13.8 Å². The van der Waals surface area contributed by atoms with Crippen LogP contribution in [0.2, 0.25) is 0 Å². The van der Waals surface area contributed by atoms with Crippen molar-refractivity contribution < 1.29 is 28.6 Å². The van der Waals surface area contributed by atoms with E-state index < -0.39 is 11.9 Å². The molecule has 1 aliphatic heterocycles. The number of nitrogens with two attached hydrogens (primary N) is 1. The summed E-state index contributed by atoms with van der Waals surface area (Å²) in [6.45, 7) is 4.29. The Bertz CT molecular complexity index is 1140. The number of thioether (sulfide) groups is 1. The first-order valence-corrected chi connectivity index (χ1v) is 11.3. The normalized spacial score (nSPS) is 15.6. The molecule has 1 fully saturated rings. The Kier molecular flexibility index (Phi) is 8.31. The molecular formula is C24H25N3O6S. The lowest BCUT2D eigenvalue weighted by atomic mass is 10.2. The van der Waals surface area contributed by atoms with E-state index in [1.807, 2.05) is 13.8 Å². The quantitative estimate of drug-likeness (QED) is 0.429. The molecule has 2 amide bonds. The van der Waals surface area contributed by atoms with Crippen molar-refractivity contribution in [3.63, 3.8) is 0 Å². The third-order valence-electron chi connectivity index (χ3n) is 4.65. The largest absolute Gasteiger partial charge is 0.490 e. The Balaban J connectivity index is 1.86. The van der Waals surface area contributed by atoms with Gasteiger partial charge in [-0.1, -0.05) is 6.07 Å². The zero-order valence-corrected chi connectivity index (χ0v) is 19.9. The van der Waals surface area contributed by atoms with Gasteiger partial charge < -0.3 is 19.9 Å². The summed E-state index contributed by atoms with van der Waals surface area (Å²) in [7, 11) is 1.32. The first kappa shape index (κ1) is 24.8. The Hall–Kier alpha value is -3.79. The summed E-state index contributed by atoms with van der Waals surface area (Å²) in [5, 5.41) is 0.538. The van der Waals surface area contributed by atoms with Crippen LogP contribution in [0.15, 0.2) is 52.4 Å². The molecule has 0 saturated carbocycles. The lowest BCUT2D eigenvalue weighted by Gasteiger charge is -2.12. The second-order valence-corrected chi connectivity index (χ2v) is 8.00. The maximum absolute atomic E-state index is 13.0. The van der Waals surface area contributed by atoms with E-state index in [1.54, 1.807) is 53.4 Å². The summed E-state index contributed by atoms with van der Waals surface area (Å²) in [6, 6.07) is 11.8. The molecule has 9 nitrogen and oxygen atoms in total. The number of carbonyl (C=O) groups is 3. The standard InChI is InChI=1S/C24H25N3O6S/c1-4-27-22(29)20(34-24(27)26-17-9-7-16(8-10-17)23(30)31-3)13-15-6-11-18(33-14-21(25)28)19(12-15)32-5-2/h6-13H,4-5,14H2,1-3H3,(H2,25,28)/b20-13+,26-24?. The first-order chi connectivity index (χ1) is 16.4. The minimum Gasteiger partial charge on any atom is -0.490 e. The maximum Gasteiger partial charge on any atom is 0.337 e. The number of methoxy groups -OCH3 is 1. The summed E-state index contributed by atoms with van der Waals surface area (Å²) >= 11 is 1.26. The molecule has 0 bridgehead atoms. The van der Waals surface area contributed by atoms with Crippen molar-refractivity contribution in [2.24, 2.45) is 10.7 Å². The summed E-state index contributed by atoms with van der Waals surface area (Å²) < 4.78 is 15.7. The predicted molar refractivity (Wildman–Crippen MR) is 130 cm³/mol. The molecule has 10 heteroatoms. The molecule has 0 atom stereocenters. The zero-order valence-electron chi connectivity index (χ0n) is 19.1. The van der Waals surface area contributed by atoms with E-state index in [9.17, 15) is 14.4 Å². The predicted octanol–water partition coefficient (Wildman–Crippen LogP) is 3.36. The molecule has 178 valence electrons. The van der Waals surface area contributed by atoms with Gasteiger partial charge in [-0.15, -0.1) is 0 Å². The van der Waals surface area contributed by atoms with Gasteiger partial charge in [-0.25, -0.2) is 9.79 Å². The van der Waals surface area contributed by atoms with Gasteiger partial charge in [-0.2, -0.15) is 0 Å². The molecule has 0 spiro atoms. The van der Waals surface area contributed by atoms with E-state index >= 15 is 0 Å². The highest BCUT2D eigenvalue weighted by Gasteiger charge is 2.32. The van der Waals surface area contributed by atoms with E-state index in [4.69, 9.17) is 19.9 Å². The van der Waals surface area contributed by atoms with E-state index in [0.29, 0.717) is 46.0 Å². The topological polar surface area (TPSA) is 121 Å². The van der Waals surface area contributed by atoms with Crippen LogP contribution >= 0.6 is 11.8 Å². The number of hydrogen-bond donors (Lipinski definition) is 1. The van der Waals surface area contributed by atoms with Gasteiger partial charge in [0.2, 0.25) is 0 Å². The summed E-state index contributed by atoms with van der Waals surface area (Å²) in [6.07, 6.45) is 1.75. The molecule has 2 aromatic rings. The highest BCUT2D eigenvalue weighted by atomic mass is 32.2. The summed E-state index contributed by atoms with van der Waals surface area (Å²) in [4.78, 5) is 42.3. The lowest BCUT2D eigenvalue weighted by Crippen LogP contribution is -2.28. The van der Waals surface area contributed by atoms with Crippen LogP contribution in [0.25, 0.3) is 6.08 Å². The fourth-order valence-electron chi connectivity index (χ4n) is 3.07. The molecule has 1 aliphatic rings. The van der Waals surface area contributed by atoms with Gasteiger partial charge in [-0.05, 0) is 73.6 Å². The van der Waals surface area contributed by atoms with Gasteiger partial charge in [0.05, 0.1) is 29.9 Å². The zero-order chi connectivity index (χ0) is 24.7.